The molecule has 0 bridgehead atoms. The van der Waals surface area contributed by atoms with E-state index in [4.69, 9.17) is 11.1 Å². The van der Waals surface area contributed by atoms with Crippen LogP contribution in [-0.2, 0) is 4.79 Å². The molecule has 0 spiro atoms. The lowest BCUT2D eigenvalue weighted by Crippen LogP contribution is -2.43. The summed E-state index contributed by atoms with van der Waals surface area (Å²) in [6.07, 6.45) is 14.9. The molecule has 1 atom stereocenters. The van der Waals surface area contributed by atoms with Crippen LogP contribution in [0.4, 0.5) is 11.4 Å². The zero-order valence-corrected chi connectivity index (χ0v) is 16.3. The highest BCUT2D eigenvalue weighted by Crippen LogP contribution is 2.27. The molecule has 0 unspecified atom stereocenters. The first-order chi connectivity index (χ1) is 14.5. The standard InChI is InChI=1S/C21H23N7O2/c22-14-4-3-10-27(13-14)18-8-9-24-12-17(18)26-21(29)20-15(23)6-7-16(25-20)19-5-1-2-11-28(19)30/h1-2,5-9,11-12,14,23,30H,3-4,10,13,22H2,(H,26,29)/t14-/m0/s1. The highest BCUT2D eigenvalue weighted by molar-refractivity contribution is 6.70. The molecule has 3 aliphatic rings. The minimum absolute atomic E-state index is 0.0119. The summed E-state index contributed by atoms with van der Waals surface area (Å²) >= 11 is 0. The van der Waals surface area contributed by atoms with Gasteiger partial charge in [0, 0.05) is 31.5 Å². The molecule has 0 aliphatic carbocycles. The van der Waals surface area contributed by atoms with Crippen molar-refractivity contribution in [2.75, 3.05) is 23.3 Å². The van der Waals surface area contributed by atoms with Crippen molar-refractivity contribution in [3.05, 3.63) is 66.4 Å². The van der Waals surface area contributed by atoms with Crippen molar-refractivity contribution >= 4 is 28.7 Å². The Morgan fingerprint density at radius 1 is 1.30 bits per heavy atom. The summed E-state index contributed by atoms with van der Waals surface area (Å²) in [5.41, 5.74) is 8.23. The van der Waals surface area contributed by atoms with Gasteiger partial charge in [0.1, 0.15) is 0 Å². The molecule has 154 valence electrons. The van der Waals surface area contributed by atoms with E-state index in [2.05, 4.69) is 20.2 Å². The number of rotatable bonds is 3. The molecule has 1 amide bonds. The maximum atomic E-state index is 13.0. The number of nitrogens with two attached hydrogens (primary N) is 1. The van der Waals surface area contributed by atoms with Gasteiger partial charge in [-0.05, 0) is 43.2 Å². The number of aromatic nitrogens is 1. The number of anilines is 2. The van der Waals surface area contributed by atoms with E-state index in [-0.39, 0.29) is 17.5 Å². The van der Waals surface area contributed by atoms with Gasteiger partial charge in [-0.15, -0.1) is 0 Å². The number of aliphatic imine (C=N–C) groups is 1. The van der Waals surface area contributed by atoms with Crippen LogP contribution < -0.4 is 16.0 Å². The molecule has 0 aromatic carbocycles. The Morgan fingerprint density at radius 2 is 2.17 bits per heavy atom. The van der Waals surface area contributed by atoms with Gasteiger partial charge in [0.25, 0.3) is 5.91 Å². The molecule has 0 saturated carbocycles. The summed E-state index contributed by atoms with van der Waals surface area (Å²) in [5, 5.41) is 21.9. The van der Waals surface area contributed by atoms with Crippen LogP contribution >= 0.6 is 0 Å². The summed E-state index contributed by atoms with van der Waals surface area (Å²) < 4.78 is 0. The lowest BCUT2D eigenvalue weighted by atomic mass is 10.1. The Kier molecular flexibility index (Phi) is 5.55. The average molecular weight is 405 g/mol. The van der Waals surface area contributed by atoms with E-state index in [1.807, 2.05) is 6.07 Å². The second-order valence-corrected chi connectivity index (χ2v) is 7.22. The lowest BCUT2D eigenvalue weighted by molar-refractivity contribution is -0.110. The number of nitrogens with zero attached hydrogens (tertiary/aromatic N) is 4. The molecule has 3 aliphatic heterocycles. The zero-order valence-electron chi connectivity index (χ0n) is 16.3. The smallest absolute Gasteiger partial charge is 0.276 e. The molecule has 30 heavy (non-hydrogen) atoms. The number of piperidine rings is 1. The van der Waals surface area contributed by atoms with Gasteiger partial charge >= 0.3 is 0 Å². The summed E-state index contributed by atoms with van der Waals surface area (Å²) in [4.78, 5) is 23.6. The van der Waals surface area contributed by atoms with Gasteiger partial charge in [0.15, 0.2) is 5.71 Å². The summed E-state index contributed by atoms with van der Waals surface area (Å²) in [6.45, 7) is 1.55. The Hall–Kier alpha value is -3.56. The molecular formula is C21H23N7O2. The number of pyridine rings is 1. The first kappa shape index (κ1) is 19.7. The minimum Gasteiger partial charge on any atom is -0.368 e. The van der Waals surface area contributed by atoms with Crippen LogP contribution in [0, 0.1) is 5.41 Å². The van der Waals surface area contributed by atoms with Crippen molar-refractivity contribution in [2.45, 2.75) is 18.9 Å². The van der Waals surface area contributed by atoms with Gasteiger partial charge in [0.05, 0.1) is 34.7 Å². The molecule has 9 nitrogen and oxygen atoms in total. The average Bonchev–Trinajstić information content (AvgIpc) is 2.75. The van der Waals surface area contributed by atoms with E-state index in [9.17, 15) is 10.0 Å². The fourth-order valence-corrected chi connectivity index (χ4v) is 3.58. The second-order valence-electron chi connectivity index (χ2n) is 7.22. The quantitative estimate of drug-likeness (QED) is 0.608. The molecule has 9 heteroatoms. The van der Waals surface area contributed by atoms with Crippen LogP contribution in [-0.4, -0.2) is 51.7 Å². The van der Waals surface area contributed by atoms with Crippen molar-refractivity contribution < 1.29 is 10.0 Å². The predicted molar refractivity (Wildman–Crippen MR) is 116 cm³/mol. The molecule has 4 heterocycles. The van der Waals surface area contributed by atoms with E-state index in [1.54, 1.807) is 36.7 Å². The number of nitrogens with one attached hydrogen (secondary N) is 2. The Balaban J connectivity index is 1.60. The van der Waals surface area contributed by atoms with Gasteiger partial charge in [-0.1, -0.05) is 6.08 Å². The molecule has 5 N–H and O–H groups in total. The normalized spacial score (nSPS) is 23.6. The SMILES string of the molecule is N=C1C=CC(=C2C=CC=CN2O)N=C1C(=O)Nc1cnccc1N1CCC[C@H](N)C1. The van der Waals surface area contributed by atoms with E-state index in [0.29, 0.717) is 23.6 Å². The molecule has 1 aromatic rings. The summed E-state index contributed by atoms with van der Waals surface area (Å²) in [6, 6.07) is 1.93. The molecule has 1 aromatic heterocycles. The van der Waals surface area contributed by atoms with E-state index in [0.717, 1.165) is 30.1 Å². The third-order valence-electron chi connectivity index (χ3n) is 5.06. The van der Waals surface area contributed by atoms with Crippen LogP contribution in [0.3, 0.4) is 0 Å². The topological polar surface area (TPSA) is 131 Å². The Bertz CT molecular complexity index is 1020. The number of carbonyl (C=O) groups is 1. The van der Waals surface area contributed by atoms with Crippen molar-refractivity contribution in [2.24, 2.45) is 10.7 Å². The van der Waals surface area contributed by atoms with Crippen LogP contribution in [0.1, 0.15) is 12.8 Å². The van der Waals surface area contributed by atoms with Gasteiger partial charge in [0.2, 0.25) is 0 Å². The maximum absolute atomic E-state index is 13.0. The number of hydrogen-bond donors (Lipinski definition) is 4. The van der Waals surface area contributed by atoms with E-state index < -0.39 is 5.91 Å². The third kappa shape index (κ3) is 4.07. The largest absolute Gasteiger partial charge is 0.368 e. The highest BCUT2D eigenvalue weighted by atomic mass is 16.5. The van der Waals surface area contributed by atoms with Gasteiger partial charge in [-0.3, -0.25) is 20.4 Å². The number of hydroxylamine groups is 2. The Morgan fingerprint density at radius 3 is 2.97 bits per heavy atom. The molecule has 1 fully saturated rings. The number of hydrogen-bond acceptors (Lipinski definition) is 8. The zero-order chi connectivity index (χ0) is 21.1. The van der Waals surface area contributed by atoms with E-state index >= 15 is 0 Å². The second kappa shape index (κ2) is 8.44. The summed E-state index contributed by atoms with van der Waals surface area (Å²) in [7, 11) is 0. The fraction of sp³-hybridized carbons (Fsp3) is 0.238. The van der Waals surface area contributed by atoms with Crippen LogP contribution in [0.25, 0.3) is 0 Å². The molecule has 0 radical (unpaired) electrons. The van der Waals surface area contributed by atoms with Crippen LogP contribution in [0.15, 0.2) is 71.4 Å². The number of allylic oxidation sites excluding steroid dienone is 5. The number of dihydropyridines is 1. The van der Waals surface area contributed by atoms with E-state index in [1.165, 1.54) is 12.3 Å². The maximum Gasteiger partial charge on any atom is 0.276 e. The Labute approximate surface area is 174 Å². The van der Waals surface area contributed by atoms with Gasteiger partial charge in [-0.25, -0.2) is 10.1 Å². The molecular weight excluding hydrogens is 382 g/mol. The first-order valence-electron chi connectivity index (χ1n) is 9.72. The van der Waals surface area contributed by atoms with Gasteiger partial charge in [-0.2, -0.15) is 0 Å². The molecule has 1 saturated heterocycles. The lowest BCUT2D eigenvalue weighted by Gasteiger charge is -2.33. The number of carbonyl (C=O) groups excluding carboxylic acids is 1. The van der Waals surface area contributed by atoms with Crippen molar-refractivity contribution in [3.63, 3.8) is 0 Å². The molecule has 4 rings (SSSR count). The monoisotopic (exact) mass is 405 g/mol. The third-order valence-corrected chi connectivity index (χ3v) is 5.06. The minimum atomic E-state index is -0.516. The van der Waals surface area contributed by atoms with Crippen LogP contribution in [0.5, 0.6) is 0 Å². The van der Waals surface area contributed by atoms with Crippen molar-refractivity contribution in [1.82, 2.24) is 10.0 Å². The van der Waals surface area contributed by atoms with Crippen LogP contribution in [0.2, 0.25) is 0 Å². The van der Waals surface area contributed by atoms with Gasteiger partial charge < -0.3 is 16.0 Å². The highest BCUT2D eigenvalue weighted by Gasteiger charge is 2.24. The fourth-order valence-electron chi connectivity index (χ4n) is 3.58. The predicted octanol–water partition coefficient (Wildman–Crippen LogP) is 1.96. The number of amides is 1. The van der Waals surface area contributed by atoms with Crippen molar-refractivity contribution in [1.29, 1.82) is 5.41 Å². The summed E-state index contributed by atoms with van der Waals surface area (Å²) in [5.74, 6) is -0.516. The first-order valence-corrected chi connectivity index (χ1v) is 9.72. The van der Waals surface area contributed by atoms with Crippen molar-refractivity contribution in [3.8, 4) is 0 Å².